The number of sulfonamides is 1. The fraction of sp³-hybridized carbons (Fsp3) is 0.0667. The van der Waals surface area contributed by atoms with Crippen molar-refractivity contribution in [3.8, 4) is 11.8 Å². The van der Waals surface area contributed by atoms with Crippen LogP contribution in [-0.4, -0.2) is 15.0 Å². The quantitative estimate of drug-likeness (QED) is 0.851. The second-order valence-corrected chi connectivity index (χ2v) is 5.83. The monoisotopic (exact) mass is 304 g/mol. The molecule has 0 bridgehead atoms. The minimum absolute atomic E-state index is 0.130. The van der Waals surface area contributed by atoms with Crippen molar-refractivity contribution in [2.75, 3.05) is 11.3 Å². The number of nitrogens with one attached hydrogen (secondary N) is 1. The van der Waals surface area contributed by atoms with Crippen molar-refractivity contribution in [3.63, 3.8) is 0 Å². The van der Waals surface area contributed by atoms with Gasteiger partial charge in [-0.1, -0.05) is 17.9 Å². The Morgan fingerprint density at radius 3 is 2.48 bits per heavy atom. The minimum Gasteiger partial charge on any atom is -0.320 e. The van der Waals surface area contributed by atoms with E-state index in [0.29, 0.717) is 5.69 Å². The Kier molecular flexibility index (Phi) is 4.58. The highest BCUT2D eigenvalue weighted by Crippen LogP contribution is 2.17. The van der Waals surface area contributed by atoms with Crippen LogP contribution in [0.3, 0.4) is 0 Å². The number of hydrogen-bond acceptors (Lipinski definition) is 3. The Morgan fingerprint density at radius 2 is 1.86 bits per heavy atom. The molecular weight excluding hydrogens is 291 g/mol. The summed E-state index contributed by atoms with van der Waals surface area (Å²) in [5.74, 6) is 4.93. The van der Waals surface area contributed by atoms with E-state index < -0.39 is 15.8 Å². The predicted molar refractivity (Wildman–Crippen MR) is 79.6 cm³/mol. The molecule has 0 aliphatic rings. The van der Waals surface area contributed by atoms with E-state index in [1.165, 1.54) is 18.2 Å². The molecule has 6 heteroatoms. The molecule has 3 N–H and O–H groups in total. The van der Waals surface area contributed by atoms with Crippen molar-refractivity contribution in [1.82, 2.24) is 0 Å². The number of benzene rings is 2. The fourth-order valence-electron chi connectivity index (χ4n) is 1.62. The molecule has 0 aromatic heterocycles. The maximum absolute atomic E-state index is 13.1. The number of rotatable bonds is 3. The van der Waals surface area contributed by atoms with Gasteiger partial charge >= 0.3 is 0 Å². The third-order valence-electron chi connectivity index (χ3n) is 2.58. The topological polar surface area (TPSA) is 72.2 Å². The summed E-state index contributed by atoms with van der Waals surface area (Å²) in [7, 11) is -3.81. The normalized spacial score (nSPS) is 10.6. The van der Waals surface area contributed by atoms with E-state index in [-0.39, 0.29) is 11.4 Å². The van der Waals surface area contributed by atoms with Crippen molar-refractivity contribution in [3.05, 3.63) is 59.9 Å². The molecule has 2 aromatic rings. The first-order valence-electron chi connectivity index (χ1n) is 6.09. The van der Waals surface area contributed by atoms with E-state index in [1.54, 1.807) is 24.3 Å². The van der Waals surface area contributed by atoms with Crippen LogP contribution >= 0.6 is 0 Å². The van der Waals surface area contributed by atoms with Gasteiger partial charge in [0.05, 0.1) is 11.4 Å². The molecule has 108 valence electrons. The molecule has 0 unspecified atom stereocenters. The van der Waals surface area contributed by atoms with Gasteiger partial charge in [-0.3, -0.25) is 4.72 Å². The lowest BCUT2D eigenvalue weighted by Gasteiger charge is -2.08. The zero-order valence-corrected chi connectivity index (χ0v) is 11.8. The maximum Gasteiger partial charge on any atom is 0.261 e. The Bertz CT molecular complexity index is 790. The summed E-state index contributed by atoms with van der Waals surface area (Å²) in [6, 6.07) is 11.3. The molecule has 0 aliphatic carbocycles. The highest BCUT2D eigenvalue weighted by molar-refractivity contribution is 7.92. The van der Waals surface area contributed by atoms with Crippen LogP contribution in [0.4, 0.5) is 10.1 Å². The number of hydrogen-bond donors (Lipinski definition) is 2. The van der Waals surface area contributed by atoms with Crippen LogP contribution in [0.2, 0.25) is 0 Å². The molecule has 0 amide bonds. The van der Waals surface area contributed by atoms with Gasteiger partial charge in [0.25, 0.3) is 10.0 Å². The van der Waals surface area contributed by atoms with Crippen molar-refractivity contribution < 1.29 is 12.8 Å². The van der Waals surface area contributed by atoms with Gasteiger partial charge in [0, 0.05) is 11.3 Å². The average molecular weight is 304 g/mol. The van der Waals surface area contributed by atoms with E-state index in [4.69, 9.17) is 5.73 Å². The van der Waals surface area contributed by atoms with E-state index in [0.717, 1.165) is 11.6 Å². The van der Waals surface area contributed by atoms with E-state index >= 15 is 0 Å². The fourth-order valence-corrected chi connectivity index (χ4v) is 2.71. The van der Waals surface area contributed by atoms with Crippen molar-refractivity contribution in [2.24, 2.45) is 5.73 Å². The zero-order valence-electron chi connectivity index (χ0n) is 11.0. The van der Waals surface area contributed by atoms with E-state index in [1.807, 2.05) is 0 Å². The first-order chi connectivity index (χ1) is 10.0. The third-order valence-corrected chi connectivity index (χ3v) is 3.96. The summed E-state index contributed by atoms with van der Waals surface area (Å²) < 4.78 is 39.6. The van der Waals surface area contributed by atoms with Crippen LogP contribution in [-0.2, 0) is 10.0 Å². The molecular formula is C15H13FN2O2S. The minimum atomic E-state index is -3.81. The lowest BCUT2D eigenvalue weighted by atomic mass is 10.2. The van der Waals surface area contributed by atoms with Crippen molar-refractivity contribution >= 4 is 15.7 Å². The van der Waals surface area contributed by atoms with Crippen molar-refractivity contribution in [1.29, 1.82) is 0 Å². The third kappa shape index (κ3) is 4.05. The van der Waals surface area contributed by atoms with Gasteiger partial charge in [0.1, 0.15) is 5.82 Å². The molecule has 2 rings (SSSR count). The average Bonchev–Trinajstić information content (AvgIpc) is 2.46. The Hall–Kier alpha value is -2.36. The molecule has 2 aromatic carbocycles. The molecule has 0 spiro atoms. The summed E-state index contributed by atoms with van der Waals surface area (Å²) in [6.45, 7) is 0.258. The summed E-state index contributed by atoms with van der Waals surface area (Å²) >= 11 is 0. The highest BCUT2D eigenvalue weighted by Gasteiger charge is 2.14. The smallest absolute Gasteiger partial charge is 0.261 e. The van der Waals surface area contributed by atoms with Crippen molar-refractivity contribution in [2.45, 2.75) is 4.90 Å². The van der Waals surface area contributed by atoms with Gasteiger partial charge in [-0.25, -0.2) is 12.8 Å². The second-order valence-electron chi connectivity index (χ2n) is 4.15. The Labute approximate surface area is 122 Å². The van der Waals surface area contributed by atoms with Crippen LogP contribution < -0.4 is 10.5 Å². The molecule has 4 nitrogen and oxygen atoms in total. The van der Waals surface area contributed by atoms with Crippen LogP contribution in [0, 0.1) is 17.7 Å². The summed E-state index contributed by atoms with van der Waals surface area (Å²) in [5, 5.41) is 0. The molecule has 0 saturated carbocycles. The molecule has 0 heterocycles. The van der Waals surface area contributed by atoms with Gasteiger partial charge in [0.2, 0.25) is 0 Å². The molecule has 0 atom stereocenters. The predicted octanol–water partition coefficient (Wildman–Crippen LogP) is 1.94. The Morgan fingerprint density at radius 1 is 1.14 bits per heavy atom. The first-order valence-corrected chi connectivity index (χ1v) is 7.57. The van der Waals surface area contributed by atoms with Crippen LogP contribution in [0.15, 0.2) is 53.4 Å². The number of anilines is 1. The number of halogens is 1. The molecule has 0 fully saturated rings. The summed E-state index contributed by atoms with van der Waals surface area (Å²) in [4.78, 5) is -0.130. The maximum atomic E-state index is 13.1. The number of nitrogens with two attached hydrogens (primary N) is 1. The van der Waals surface area contributed by atoms with Gasteiger partial charge in [-0.2, -0.15) is 0 Å². The molecule has 21 heavy (non-hydrogen) atoms. The van der Waals surface area contributed by atoms with Gasteiger partial charge in [-0.15, -0.1) is 0 Å². The lowest BCUT2D eigenvalue weighted by Crippen LogP contribution is -2.13. The Balaban J connectivity index is 2.21. The molecule has 0 aliphatic heterocycles. The standard InChI is InChI=1S/C15H13FN2O2S/c16-13-4-1-5-15(11-13)21(19,20)18-14-8-6-12(7-9-14)3-2-10-17/h1,4-9,11,18H,10,17H2. The van der Waals surface area contributed by atoms with E-state index in [2.05, 4.69) is 16.6 Å². The first kappa shape index (κ1) is 15.0. The van der Waals surface area contributed by atoms with Gasteiger partial charge < -0.3 is 5.73 Å². The van der Waals surface area contributed by atoms with Gasteiger partial charge in [0.15, 0.2) is 0 Å². The lowest BCUT2D eigenvalue weighted by molar-refractivity contribution is 0.595. The van der Waals surface area contributed by atoms with Gasteiger partial charge in [-0.05, 0) is 42.5 Å². The van der Waals surface area contributed by atoms with Crippen LogP contribution in [0.5, 0.6) is 0 Å². The van der Waals surface area contributed by atoms with E-state index in [9.17, 15) is 12.8 Å². The summed E-state index contributed by atoms with van der Waals surface area (Å²) in [5.41, 5.74) is 6.37. The largest absolute Gasteiger partial charge is 0.320 e. The molecule has 0 saturated heterocycles. The van der Waals surface area contributed by atoms with Crippen LogP contribution in [0.1, 0.15) is 5.56 Å². The highest BCUT2D eigenvalue weighted by atomic mass is 32.2. The summed E-state index contributed by atoms with van der Waals surface area (Å²) in [6.07, 6.45) is 0. The SMILES string of the molecule is NCC#Cc1ccc(NS(=O)(=O)c2cccc(F)c2)cc1. The van der Waals surface area contributed by atoms with Crippen LogP contribution in [0.25, 0.3) is 0 Å². The second kappa shape index (κ2) is 6.39. The molecule has 0 radical (unpaired) electrons. The zero-order chi connectivity index (χ0) is 15.3.